The zero-order valence-electron chi connectivity index (χ0n) is 14.1. The lowest BCUT2D eigenvalue weighted by Gasteiger charge is -2.46. The van der Waals surface area contributed by atoms with Crippen molar-refractivity contribution in [3.8, 4) is 0 Å². The predicted molar refractivity (Wildman–Crippen MR) is 91.7 cm³/mol. The van der Waals surface area contributed by atoms with Gasteiger partial charge in [0.2, 0.25) is 0 Å². The summed E-state index contributed by atoms with van der Waals surface area (Å²) in [6.07, 6.45) is 6.29. The van der Waals surface area contributed by atoms with Crippen molar-refractivity contribution < 1.29 is 0 Å². The quantitative estimate of drug-likeness (QED) is 0.766. The second-order valence-electron chi connectivity index (χ2n) is 6.63. The van der Waals surface area contributed by atoms with E-state index in [1.54, 1.807) is 0 Å². The molecule has 1 aromatic rings. The fraction of sp³-hybridized carbons (Fsp3) is 0.684. The summed E-state index contributed by atoms with van der Waals surface area (Å²) in [5.74, 6) is 0. The van der Waals surface area contributed by atoms with Crippen molar-refractivity contribution in [2.24, 2.45) is 0 Å². The summed E-state index contributed by atoms with van der Waals surface area (Å²) in [5, 5.41) is 3.79. The number of piperazine rings is 1. The number of nitrogens with one attached hydrogen (secondary N) is 1. The summed E-state index contributed by atoms with van der Waals surface area (Å²) < 4.78 is 0. The second kappa shape index (κ2) is 7.95. The van der Waals surface area contributed by atoms with Gasteiger partial charge in [0.1, 0.15) is 0 Å². The molecular formula is C19H32N2. The maximum absolute atomic E-state index is 3.79. The molecular weight excluding hydrogens is 256 g/mol. The molecule has 0 aromatic heterocycles. The molecule has 0 spiro atoms. The van der Waals surface area contributed by atoms with Gasteiger partial charge >= 0.3 is 0 Å². The second-order valence-corrected chi connectivity index (χ2v) is 6.63. The van der Waals surface area contributed by atoms with Crippen LogP contribution in [0.5, 0.6) is 0 Å². The number of unbranched alkanes of at least 4 members (excludes halogenated alkanes) is 1. The van der Waals surface area contributed by atoms with Crippen molar-refractivity contribution in [3.63, 3.8) is 0 Å². The van der Waals surface area contributed by atoms with Crippen LogP contribution in [0.3, 0.4) is 0 Å². The first-order chi connectivity index (χ1) is 10.2. The van der Waals surface area contributed by atoms with Crippen LogP contribution in [0, 0.1) is 0 Å². The first-order valence-corrected chi connectivity index (χ1v) is 8.72. The zero-order chi connectivity index (χ0) is 15.1. The van der Waals surface area contributed by atoms with Crippen LogP contribution >= 0.6 is 0 Å². The molecule has 21 heavy (non-hydrogen) atoms. The molecule has 0 aliphatic carbocycles. The van der Waals surface area contributed by atoms with Crippen molar-refractivity contribution >= 4 is 0 Å². The van der Waals surface area contributed by atoms with E-state index in [1.165, 1.54) is 50.8 Å². The molecule has 1 aliphatic rings. The van der Waals surface area contributed by atoms with E-state index < -0.39 is 0 Å². The van der Waals surface area contributed by atoms with E-state index in [0.29, 0.717) is 11.6 Å². The average molecular weight is 288 g/mol. The van der Waals surface area contributed by atoms with Gasteiger partial charge in [0, 0.05) is 24.7 Å². The zero-order valence-corrected chi connectivity index (χ0v) is 14.1. The maximum atomic E-state index is 3.79. The van der Waals surface area contributed by atoms with Gasteiger partial charge in [0.05, 0.1) is 0 Å². The van der Waals surface area contributed by atoms with Gasteiger partial charge in [-0.05, 0) is 51.1 Å². The van der Waals surface area contributed by atoms with Gasteiger partial charge in [-0.2, -0.15) is 0 Å². The SMILES string of the molecule is CCC1(CC)CN(CCCCc2ccccc2)C(C)CN1. The van der Waals surface area contributed by atoms with Crippen molar-refractivity contribution in [2.45, 2.75) is 64.5 Å². The van der Waals surface area contributed by atoms with E-state index in [2.05, 4.69) is 61.3 Å². The van der Waals surface area contributed by atoms with Gasteiger partial charge in [0.15, 0.2) is 0 Å². The van der Waals surface area contributed by atoms with Crippen molar-refractivity contribution in [1.82, 2.24) is 10.2 Å². The Morgan fingerprint density at radius 2 is 1.86 bits per heavy atom. The summed E-state index contributed by atoms with van der Waals surface area (Å²) in [6.45, 7) is 10.6. The molecule has 0 saturated carbocycles. The number of nitrogens with zero attached hydrogens (tertiary/aromatic N) is 1. The maximum Gasteiger partial charge on any atom is 0.0304 e. The summed E-state index contributed by atoms with van der Waals surface area (Å²) >= 11 is 0. The summed E-state index contributed by atoms with van der Waals surface area (Å²) in [6, 6.07) is 11.5. The Kier molecular flexibility index (Phi) is 6.25. The van der Waals surface area contributed by atoms with Crippen molar-refractivity contribution in [1.29, 1.82) is 0 Å². The summed E-state index contributed by atoms with van der Waals surface area (Å²) in [7, 11) is 0. The van der Waals surface area contributed by atoms with E-state index in [9.17, 15) is 0 Å². The average Bonchev–Trinajstić information content (AvgIpc) is 2.54. The van der Waals surface area contributed by atoms with Gasteiger partial charge in [0.25, 0.3) is 0 Å². The van der Waals surface area contributed by atoms with Crippen LogP contribution in [-0.4, -0.2) is 36.1 Å². The Morgan fingerprint density at radius 1 is 1.14 bits per heavy atom. The number of hydrogen-bond donors (Lipinski definition) is 1. The lowest BCUT2D eigenvalue weighted by Crippen LogP contribution is -2.63. The molecule has 1 unspecified atom stereocenters. The van der Waals surface area contributed by atoms with Crippen molar-refractivity contribution in [3.05, 3.63) is 35.9 Å². The lowest BCUT2D eigenvalue weighted by molar-refractivity contribution is 0.0794. The third kappa shape index (κ3) is 4.55. The smallest absolute Gasteiger partial charge is 0.0304 e. The van der Waals surface area contributed by atoms with Gasteiger partial charge in [-0.15, -0.1) is 0 Å². The standard InChI is InChI=1S/C19H32N2/c1-4-19(5-2)16-21(17(3)15-20-19)14-10-9-13-18-11-7-6-8-12-18/h6-8,11-12,17,20H,4-5,9-10,13-16H2,1-3H3. The fourth-order valence-corrected chi connectivity index (χ4v) is 3.41. The minimum absolute atomic E-state index is 0.353. The largest absolute Gasteiger partial charge is 0.308 e. The first kappa shape index (κ1) is 16.5. The fourth-order valence-electron chi connectivity index (χ4n) is 3.41. The van der Waals surface area contributed by atoms with E-state index in [1.807, 2.05) is 0 Å². The normalized spacial score (nSPS) is 22.3. The third-order valence-electron chi connectivity index (χ3n) is 5.26. The molecule has 1 N–H and O–H groups in total. The summed E-state index contributed by atoms with van der Waals surface area (Å²) in [4.78, 5) is 2.70. The highest BCUT2D eigenvalue weighted by Gasteiger charge is 2.34. The Balaban J connectivity index is 1.76. The topological polar surface area (TPSA) is 15.3 Å². The van der Waals surface area contributed by atoms with E-state index in [-0.39, 0.29) is 0 Å². The number of hydrogen-bond acceptors (Lipinski definition) is 2. The molecule has 0 bridgehead atoms. The number of benzene rings is 1. The van der Waals surface area contributed by atoms with E-state index in [0.717, 1.165) is 6.54 Å². The molecule has 1 heterocycles. The van der Waals surface area contributed by atoms with Crippen LogP contribution < -0.4 is 5.32 Å². The molecule has 0 amide bonds. The third-order valence-corrected chi connectivity index (χ3v) is 5.26. The predicted octanol–water partition coefficient (Wildman–Crippen LogP) is 3.86. The van der Waals surface area contributed by atoms with Crippen LogP contribution in [0.15, 0.2) is 30.3 Å². The number of aryl methyl sites for hydroxylation is 1. The molecule has 0 radical (unpaired) electrons. The van der Waals surface area contributed by atoms with Crippen LogP contribution in [-0.2, 0) is 6.42 Å². The molecule has 1 atom stereocenters. The van der Waals surface area contributed by atoms with E-state index >= 15 is 0 Å². The molecule has 1 saturated heterocycles. The Bertz CT molecular complexity index is 397. The Hall–Kier alpha value is -0.860. The number of rotatable bonds is 7. The van der Waals surface area contributed by atoms with Crippen LogP contribution in [0.2, 0.25) is 0 Å². The molecule has 1 fully saturated rings. The highest BCUT2D eigenvalue weighted by Crippen LogP contribution is 2.23. The van der Waals surface area contributed by atoms with Crippen LogP contribution in [0.25, 0.3) is 0 Å². The molecule has 118 valence electrons. The van der Waals surface area contributed by atoms with Crippen LogP contribution in [0.1, 0.15) is 52.0 Å². The van der Waals surface area contributed by atoms with Gasteiger partial charge in [-0.25, -0.2) is 0 Å². The monoisotopic (exact) mass is 288 g/mol. The minimum Gasteiger partial charge on any atom is -0.308 e. The molecule has 2 rings (SSSR count). The molecule has 2 heteroatoms. The summed E-state index contributed by atoms with van der Waals surface area (Å²) in [5.41, 5.74) is 1.83. The molecule has 1 aliphatic heterocycles. The van der Waals surface area contributed by atoms with Gasteiger partial charge in [-0.3, -0.25) is 4.90 Å². The molecule has 2 nitrogen and oxygen atoms in total. The van der Waals surface area contributed by atoms with Crippen LogP contribution in [0.4, 0.5) is 0 Å². The highest BCUT2D eigenvalue weighted by atomic mass is 15.2. The van der Waals surface area contributed by atoms with Crippen molar-refractivity contribution in [2.75, 3.05) is 19.6 Å². The van der Waals surface area contributed by atoms with Gasteiger partial charge in [-0.1, -0.05) is 44.2 Å². The Morgan fingerprint density at radius 3 is 2.52 bits per heavy atom. The lowest BCUT2D eigenvalue weighted by atomic mass is 9.88. The minimum atomic E-state index is 0.353. The van der Waals surface area contributed by atoms with E-state index in [4.69, 9.17) is 0 Å². The highest BCUT2D eigenvalue weighted by molar-refractivity contribution is 5.14. The molecule has 1 aromatic carbocycles. The Labute approximate surface area is 130 Å². The van der Waals surface area contributed by atoms with Gasteiger partial charge < -0.3 is 5.32 Å². The first-order valence-electron chi connectivity index (χ1n) is 8.72.